The lowest BCUT2D eigenvalue weighted by molar-refractivity contribution is 0.484. The monoisotopic (exact) mass is 350 g/mol. The third-order valence-electron chi connectivity index (χ3n) is 4.58. The largest absolute Gasteiger partial charge is 0.341 e. The second kappa shape index (κ2) is 8.39. The highest BCUT2D eigenvalue weighted by atomic mass is 32.2. The van der Waals surface area contributed by atoms with Crippen LogP contribution in [0.5, 0.6) is 0 Å². The van der Waals surface area contributed by atoms with Crippen LogP contribution in [-0.4, -0.2) is 17.3 Å². The van der Waals surface area contributed by atoms with Crippen molar-refractivity contribution in [2.24, 2.45) is 10.9 Å². The van der Waals surface area contributed by atoms with Gasteiger partial charge in [0.05, 0.1) is 11.1 Å². The molecule has 0 amide bonds. The van der Waals surface area contributed by atoms with E-state index in [2.05, 4.69) is 91.7 Å². The maximum absolute atomic E-state index is 4.91. The summed E-state index contributed by atoms with van der Waals surface area (Å²) >= 11 is 1.74. The lowest BCUT2D eigenvalue weighted by atomic mass is 9.97. The molecule has 0 unspecified atom stereocenters. The van der Waals surface area contributed by atoms with Crippen molar-refractivity contribution in [3.63, 3.8) is 0 Å². The van der Waals surface area contributed by atoms with Gasteiger partial charge in [0.1, 0.15) is 0 Å². The van der Waals surface area contributed by atoms with Crippen molar-refractivity contribution < 1.29 is 0 Å². The molecule has 0 fully saturated rings. The Morgan fingerprint density at radius 3 is 2.28 bits per heavy atom. The van der Waals surface area contributed by atoms with Crippen molar-refractivity contribution in [1.29, 1.82) is 0 Å². The Bertz CT molecular complexity index is 735. The van der Waals surface area contributed by atoms with E-state index < -0.39 is 0 Å². The molecule has 2 nitrogen and oxygen atoms in total. The molecule has 0 radical (unpaired) electrons. The quantitative estimate of drug-likeness (QED) is 0.680. The standard InChI is InChI=1S/C22H26N2S/c1-17(2)21-14-20(15-22(23-21)25-3)24(19-12-8-5-9-13-19)16-18-10-6-4-7-11-18/h4-13,15,17,21H,14,16H2,1-3H3/t21-/m0/s1. The highest BCUT2D eigenvalue weighted by Crippen LogP contribution is 2.30. The number of benzene rings is 2. The lowest BCUT2D eigenvalue weighted by Gasteiger charge is -2.33. The van der Waals surface area contributed by atoms with Crippen LogP contribution in [-0.2, 0) is 6.54 Å². The number of dihydropyridines is 1. The third-order valence-corrected chi connectivity index (χ3v) is 5.22. The maximum Gasteiger partial charge on any atom is 0.0922 e. The number of rotatable bonds is 5. The summed E-state index contributed by atoms with van der Waals surface area (Å²) in [5, 5.41) is 1.13. The summed E-state index contributed by atoms with van der Waals surface area (Å²) in [5.41, 5.74) is 3.91. The van der Waals surface area contributed by atoms with Crippen LogP contribution in [0.4, 0.5) is 5.69 Å². The van der Waals surface area contributed by atoms with Gasteiger partial charge in [0.15, 0.2) is 0 Å². The number of nitrogens with zero attached hydrogens (tertiary/aromatic N) is 2. The summed E-state index contributed by atoms with van der Waals surface area (Å²) in [4.78, 5) is 7.35. The maximum atomic E-state index is 4.91. The Balaban J connectivity index is 1.96. The predicted molar refractivity (Wildman–Crippen MR) is 111 cm³/mol. The van der Waals surface area contributed by atoms with E-state index in [1.807, 2.05) is 0 Å². The molecule has 1 aliphatic rings. The third kappa shape index (κ3) is 4.55. The number of hydrogen-bond acceptors (Lipinski definition) is 3. The van der Waals surface area contributed by atoms with E-state index in [0.717, 1.165) is 18.0 Å². The molecular weight excluding hydrogens is 324 g/mol. The first-order valence-corrected chi connectivity index (χ1v) is 10.1. The van der Waals surface area contributed by atoms with E-state index in [1.54, 1.807) is 11.8 Å². The summed E-state index contributed by atoms with van der Waals surface area (Å²) in [7, 11) is 0. The van der Waals surface area contributed by atoms with Gasteiger partial charge in [0.25, 0.3) is 0 Å². The van der Waals surface area contributed by atoms with Gasteiger partial charge in [-0.1, -0.05) is 62.4 Å². The molecule has 3 heteroatoms. The first-order chi connectivity index (χ1) is 12.2. The molecule has 0 spiro atoms. The average Bonchev–Trinajstić information content (AvgIpc) is 2.67. The van der Waals surface area contributed by atoms with E-state index in [4.69, 9.17) is 4.99 Å². The Kier molecular flexibility index (Phi) is 5.98. The molecular formula is C22H26N2S. The summed E-state index contributed by atoms with van der Waals surface area (Å²) in [6, 6.07) is 21.7. The van der Waals surface area contributed by atoms with Crippen LogP contribution < -0.4 is 4.90 Å². The summed E-state index contributed by atoms with van der Waals surface area (Å²) in [6.07, 6.45) is 5.36. The Morgan fingerprint density at radius 1 is 1.04 bits per heavy atom. The van der Waals surface area contributed by atoms with E-state index in [0.29, 0.717) is 12.0 Å². The molecule has 0 N–H and O–H groups in total. The number of anilines is 1. The van der Waals surface area contributed by atoms with E-state index in [1.165, 1.54) is 16.9 Å². The van der Waals surface area contributed by atoms with Gasteiger partial charge in [-0.25, -0.2) is 0 Å². The Labute approximate surface area is 155 Å². The molecule has 2 aromatic rings. The van der Waals surface area contributed by atoms with Crippen molar-refractivity contribution in [2.75, 3.05) is 11.2 Å². The SMILES string of the molecule is CSC1=N[C@H](C(C)C)CC(N(Cc2ccccc2)c2ccccc2)=C1. The number of aliphatic imine (C=N–C) groups is 1. The first kappa shape index (κ1) is 17.8. The summed E-state index contributed by atoms with van der Waals surface area (Å²) in [5.74, 6) is 0.542. The van der Waals surface area contributed by atoms with Gasteiger partial charge in [-0.15, -0.1) is 11.8 Å². The van der Waals surface area contributed by atoms with Crippen LogP contribution in [0, 0.1) is 5.92 Å². The van der Waals surface area contributed by atoms with E-state index in [-0.39, 0.29) is 0 Å². The van der Waals surface area contributed by atoms with Crippen LogP contribution in [0.1, 0.15) is 25.8 Å². The molecule has 25 heavy (non-hydrogen) atoms. The molecule has 1 aliphatic heterocycles. The Morgan fingerprint density at radius 2 is 1.68 bits per heavy atom. The van der Waals surface area contributed by atoms with Gasteiger partial charge in [0, 0.05) is 24.4 Å². The first-order valence-electron chi connectivity index (χ1n) is 8.86. The van der Waals surface area contributed by atoms with Gasteiger partial charge >= 0.3 is 0 Å². The van der Waals surface area contributed by atoms with Crippen molar-refractivity contribution in [2.45, 2.75) is 32.9 Å². The van der Waals surface area contributed by atoms with Gasteiger partial charge < -0.3 is 4.90 Å². The molecule has 1 heterocycles. The molecule has 130 valence electrons. The normalized spacial score (nSPS) is 17.2. The number of para-hydroxylation sites is 1. The topological polar surface area (TPSA) is 15.6 Å². The van der Waals surface area contributed by atoms with Gasteiger partial charge in [0.2, 0.25) is 0 Å². The number of thioether (sulfide) groups is 1. The highest BCUT2D eigenvalue weighted by Gasteiger charge is 2.23. The zero-order chi connectivity index (χ0) is 17.6. The highest BCUT2D eigenvalue weighted by molar-refractivity contribution is 8.13. The molecule has 2 aromatic carbocycles. The molecule has 0 saturated heterocycles. The summed E-state index contributed by atoms with van der Waals surface area (Å²) in [6.45, 7) is 5.40. The van der Waals surface area contributed by atoms with Gasteiger partial charge in [-0.2, -0.15) is 0 Å². The fourth-order valence-electron chi connectivity index (χ4n) is 3.08. The molecule has 3 rings (SSSR count). The van der Waals surface area contributed by atoms with Crippen LogP contribution >= 0.6 is 11.8 Å². The lowest BCUT2D eigenvalue weighted by Crippen LogP contribution is -2.29. The zero-order valence-electron chi connectivity index (χ0n) is 15.2. The van der Waals surface area contributed by atoms with Crippen molar-refractivity contribution in [3.8, 4) is 0 Å². The summed E-state index contributed by atoms with van der Waals surface area (Å²) < 4.78 is 0. The van der Waals surface area contributed by atoms with Crippen LogP contribution in [0.3, 0.4) is 0 Å². The van der Waals surface area contributed by atoms with Crippen LogP contribution in [0.15, 0.2) is 77.4 Å². The van der Waals surface area contributed by atoms with Crippen molar-refractivity contribution >= 4 is 22.5 Å². The molecule has 1 atom stereocenters. The van der Waals surface area contributed by atoms with Crippen LogP contribution in [0.25, 0.3) is 0 Å². The minimum Gasteiger partial charge on any atom is -0.341 e. The smallest absolute Gasteiger partial charge is 0.0922 e. The predicted octanol–water partition coefficient (Wildman–Crippen LogP) is 5.77. The minimum atomic E-state index is 0.351. The zero-order valence-corrected chi connectivity index (χ0v) is 16.0. The molecule has 0 saturated carbocycles. The van der Waals surface area contributed by atoms with Crippen LogP contribution in [0.2, 0.25) is 0 Å². The Hall–Kier alpha value is -2.00. The average molecular weight is 351 g/mol. The van der Waals surface area contributed by atoms with Gasteiger partial charge in [-0.05, 0) is 35.9 Å². The van der Waals surface area contributed by atoms with E-state index >= 15 is 0 Å². The second-order valence-corrected chi connectivity index (χ2v) is 7.56. The van der Waals surface area contributed by atoms with Crippen molar-refractivity contribution in [3.05, 3.63) is 78.0 Å². The van der Waals surface area contributed by atoms with Gasteiger partial charge in [-0.3, -0.25) is 4.99 Å². The minimum absolute atomic E-state index is 0.351. The molecule has 0 aliphatic carbocycles. The molecule has 0 bridgehead atoms. The molecule has 0 aromatic heterocycles. The fraction of sp³-hybridized carbons (Fsp3) is 0.318. The number of hydrogen-bond donors (Lipinski definition) is 0. The fourth-order valence-corrected chi connectivity index (χ4v) is 3.57. The second-order valence-electron chi connectivity index (χ2n) is 6.73. The van der Waals surface area contributed by atoms with Crippen molar-refractivity contribution in [1.82, 2.24) is 0 Å². The van der Waals surface area contributed by atoms with E-state index in [9.17, 15) is 0 Å².